The number of fused-ring (bicyclic) bond motifs is 1. The van der Waals surface area contributed by atoms with E-state index in [0.717, 1.165) is 57.1 Å². The smallest absolute Gasteiger partial charge is 0.325 e. The maximum Gasteiger partial charge on any atom is 0.416 e. The molecule has 0 N–H and O–H groups in total. The number of rotatable bonds is 6. The molecule has 0 fully saturated rings. The Morgan fingerprint density at radius 1 is 0.811 bits per heavy atom. The summed E-state index contributed by atoms with van der Waals surface area (Å²) >= 11 is 0. The van der Waals surface area contributed by atoms with E-state index < -0.39 is 11.7 Å². The number of nitrogens with zero attached hydrogens (tertiary/aromatic N) is 3. The summed E-state index contributed by atoms with van der Waals surface area (Å²) in [5, 5.41) is 0. The van der Waals surface area contributed by atoms with Gasteiger partial charge in [0, 0.05) is 23.6 Å². The zero-order chi connectivity index (χ0) is 26.0. The highest BCUT2D eigenvalue weighted by atomic mass is 19.4. The van der Waals surface area contributed by atoms with Crippen molar-refractivity contribution in [3.63, 3.8) is 0 Å². The van der Waals surface area contributed by atoms with Gasteiger partial charge in [-0.1, -0.05) is 72.8 Å². The fourth-order valence-corrected chi connectivity index (χ4v) is 4.52. The Hall–Kier alpha value is -4.19. The Morgan fingerprint density at radius 2 is 1.41 bits per heavy atom. The molecule has 1 heterocycles. The molecule has 0 aliphatic heterocycles. The number of aliphatic imine (C=N–C) groups is 1. The minimum absolute atomic E-state index is 0.132. The minimum Gasteiger partial charge on any atom is -0.325 e. The molecule has 0 atom stereocenters. The molecule has 0 aliphatic rings. The van der Waals surface area contributed by atoms with Crippen LogP contribution in [-0.2, 0) is 12.6 Å². The molecule has 6 heteroatoms. The summed E-state index contributed by atoms with van der Waals surface area (Å²) in [7, 11) is 0. The maximum atomic E-state index is 13.0. The van der Waals surface area contributed by atoms with Gasteiger partial charge >= 0.3 is 6.18 Å². The van der Waals surface area contributed by atoms with Crippen molar-refractivity contribution >= 4 is 22.4 Å². The summed E-state index contributed by atoms with van der Waals surface area (Å²) in [6, 6.07) is 31.5. The molecule has 0 unspecified atom stereocenters. The third-order valence-electron chi connectivity index (χ3n) is 6.24. The standard InChI is InChI=1S/C31H26F3N3/c1-21(2)37-28-18-17-26(35-30(23-9-5-3-6-10-23)24-11-7-4-8-12-24)20-27(28)36-29(37)19-22-13-15-25(16-14-22)31(32,33)34/h3-18,20-21H,19H2,1-2H3. The molecule has 0 radical (unpaired) electrons. The normalized spacial score (nSPS) is 11.7. The average Bonchev–Trinajstić information content (AvgIpc) is 3.25. The topological polar surface area (TPSA) is 30.2 Å². The summed E-state index contributed by atoms with van der Waals surface area (Å²) in [6.45, 7) is 4.15. The van der Waals surface area contributed by atoms with Gasteiger partial charge in [-0.2, -0.15) is 13.2 Å². The van der Waals surface area contributed by atoms with Crippen molar-refractivity contribution in [3.8, 4) is 0 Å². The van der Waals surface area contributed by atoms with Gasteiger partial charge in [0.15, 0.2) is 0 Å². The molecule has 5 aromatic rings. The number of benzene rings is 4. The summed E-state index contributed by atoms with van der Waals surface area (Å²) in [4.78, 5) is 9.90. The Bertz CT molecular complexity index is 1490. The SMILES string of the molecule is CC(C)n1c(Cc2ccc(C(F)(F)F)cc2)nc2cc(N=C(c3ccccc3)c3ccccc3)ccc21. The molecule has 4 aromatic carbocycles. The first kappa shape index (κ1) is 24.5. The number of alkyl halides is 3. The highest BCUT2D eigenvalue weighted by Gasteiger charge is 2.30. The van der Waals surface area contributed by atoms with Gasteiger partial charge in [-0.15, -0.1) is 0 Å². The van der Waals surface area contributed by atoms with Gasteiger partial charge in [-0.3, -0.25) is 0 Å². The summed E-state index contributed by atoms with van der Waals surface area (Å²) in [5.74, 6) is 0.803. The van der Waals surface area contributed by atoms with Gasteiger partial charge in [-0.05, 0) is 49.7 Å². The molecular formula is C31H26F3N3. The van der Waals surface area contributed by atoms with E-state index in [2.05, 4.69) is 18.4 Å². The number of hydrogen-bond donors (Lipinski definition) is 0. The Labute approximate surface area is 214 Å². The van der Waals surface area contributed by atoms with E-state index in [1.54, 1.807) is 0 Å². The predicted molar refractivity (Wildman–Crippen MR) is 143 cm³/mol. The molecular weight excluding hydrogens is 471 g/mol. The Morgan fingerprint density at radius 3 is 1.95 bits per heavy atom. The number of imidazole rings is 1. The van der Waals surface area contributed by atoms with Crippen molar-refractivity contribution in [2.75, 3.05) is 0 Å². The molecule has 37 heavy (non-hydrogen) atoms. The van der Waals surface area contributed by atoms with Crippen LogP contribution in [0.25, 0.3) is 11.0 Å². The molecule has 186 valence electrons. The number of aromatic nitrogens is 2. The fourth-order valence-electron chi connectivity index (χ4n) is 4.52. The van der Waals surface area contributed by atoms with Crippen LogP contribution in [-0.4, -0.2) is 15.3 Å². The summed E-state index contributed by atoms with van der Waals surface area (Å²) in [6.07, 6.45) is -3.91. The lowest BCUT2D eigenvalue weighted by atomic mass is 10.0. The second-order valence-electron chi connectivity index (χ2n) is 9.23. The molecule has 5 rings (SSSR count). The van der Waals surface area contributed by atoms with Crippen LogP contribution >= 0.6 is 0 Å². The van der Waals surface area contributed by atoms with E-state index in [0.29, 0.717) is 6.42 Å². The van der Waals surface area contributed by atoms with E-state index in [4.69, 9.17) is 9.98 Å². The van der Waals surface area contributed by atoms with Gasteiger partial charge < -0.3 is 4.57 Å². The van der Waals surface area contributed by atoms with E-state index >= 15 is 0 Å². The summed E-state index contributed by atoms with van der Waals surface area (Å²) < 4.78 is 41.1. The first-order valence-electron chi connectivity index (χ1n) is 12.2. The van der Waals surface area contributed by atoms with Crippen LogP contribution in [0.2, 0.25) is 0 Å². The van der Waals surface area contributed by atoms with Crippen LogP contribution in [0, 0.1) is 0 Å². The largest absolute Gasteiger partial charge is 0.416 e. The van der Waals surface area contributed by atoms with Crippen LogP contribution in [0.4, 0.5) is 18.9 Å². The highest BCUT2D eigenvalue weighted by molar-refractivity contribution is 6.14. The van der Waals surface area contributed by atoms with Crippen molar-refractivity contribution < 1.29 is 13.2 Å². The molecule has 0 saturated carbocycles. The van der Waals surface area contributed by atoms with Crippen LogP contribution in [0.1, 0.15) is 48.0 Å². The third kappa shape index (κ3) is 5.33. The van der Waals surface area contributed by atoms with Crippen LogP contribution in [0.3, 0.4) is 0 Å². The molecule has 0 aliphatic carbocycles. The zero-order valence-electron chi connectivity index (χ0n) is 20.6. The molecule has 3 nitrogen and oxygen atoms in total. The number of halogens is 3. The second kappa shape index (κ2) is 10.1. The maximum absolute atomic E-state index is 13.0. The van der Waals surface area contributed by atoms with Crippen molar-refractivity contribution in [1.82, 2.24) is 9.55 Å². The van der Waals surface area contributed by atoms with Gasteiger partial charge in [0.25, 0.3) is 0 Å². The predicted octanol–water partition coefficient (Wildman–Crippen LogP) is 8.40. The molecule has 1 aromatic heterocycles. The number of hydrogen-bond acceptors (Lipinski definition) is 2. The summed E-state index contributed by atoms with van der Waals surface area (Å²) in [5.41, 5.74) is 5.59. The van der Waals surface area contributed by atoms with E-state index in [1.807, 2.05) is 78.9 Å². The molecule has 0 spiro atoms. The monoisotopic (exact) mass is 497 g/mol. The van der Waals surface area contributed by atoms with Crippen LogP contribution in [0.15, 0.2) is 108 Å². The second-order valence-corrected chi connectivity index (χ2v) is 9.23. The lowest BCUT2D eigenvalue weighted by molar-refractivity contribution is -0.137. The fraction of sp³-hybridized carbons (Fsp3) is 0.161. The lowest BCUT2D eigenvalue weighted by Crippen LogP contribution is -2.08. The molecule has 0 bridgehead atoms. The molecule has 0 saturated heterocycles. The van der Waals surface area contributed by atoms with E-state index in [9.17, 15) is 13.2 Å². The van der Waals surface area contributed by atoms with E-state index in [-0.39, 0.29) is 6.04 Å². The van der Waals surface area contributed by atoms with Gasteiger partial charge in [0.1, 0.15) is 5.82 Å². The van der Waals surface area contributed by atoms with Crippen molar-refractivity contribution in [3.05, 3.63) is 131 Å². The van der Waals surface area contributed by atoms with Crippen molar-refractivity contribution in [1.29, 1.82) is 0 Å². The first-order chi connectivity index (χ1) is 17.8. The van der Waals surface area contributed by atoms with Crippen molar-refractivity contribution in [2.45, 2.75) is 32.5 Å². The van der Waals surface area contributed by atoms with Crippen LogP contribution < -0.4 is 0 Å². The molecule has 0 amide bonds. The Kier molecular flexibility index (Phi) is 6.66. The van der Waals surface area contributed by atoms with Crippen LogP contribution in [0.5, 0.6) is 0 Å². The zero-order valence-corrected chi connectivity index (χ0v) is 20.6. The minimum atomic E-state index is -4.35. The Balaban J connectivity index is 1.55. The van der Waals surface area contributed by atoms with Gasteiger partial charge in [0.2, 0.25) is 0 Å². The quantitative estimate of drug-likeness (QED) is 0.217. The highest BCUT2D eigenvalue weighted by Crippen LogP contribution is 2.31. The first-order valence-corrected chi connectivity index (χ1v) is 12.2. The van der Waals surface area contributed by atoms with Crippen molar-refractivity contribution in [2.24, 2.45) is 4.99 Å². The van der Waals surface area contributed by atoms with Gasteiger partial charge in [-0.25, -0.2) is 9.98 Å². The average molecular weight is 498 g/mol. The van der Waals surface area contributed by atoms with Gasteiger partial charge in [0.05, 0.1) is 28.0 Å². The van der Waals surface area contributed by atoms with E-state index in [1.165, 1.54) is 12.1 Å². The lowest BCUT2D eigenvalue weighted by Gasteiger charge is -2.14. The third-order valence-corrected chi connectivity index (χ3v) is 6.24.